The number of ether oxygens (including phenoxy) is 3. The highest BCUT2D eigenvalue weighted by Crippen LogP contribution is 2.37. The third-order valence-corrected chi connectivity index (χ3v) is 5.00. The SMILES string of the molecule is CCCCOCCCNCc1cc(Br)c(OCc2cccc(Cl)c2)c(OC)c1. The van der Waals surface area contributed by atoms with Gasteiger partial charge in [-0.25, -0.2) is 0 Å². The van der Waals surface area contributed by atoms with Crippen molar-refractivity contribution in [3.05, 3.63) is 57.0 Å². The maximum Gasteiger partial charge on any atom is 0.175 e. The lowest BCUT2D eigenvalue weighted by Gasteiger charge is -2.15. The second kappa shape index (κ2) is 13.0. The molecule has 0 aliphatic carbocycles. The smallest absolute Gasteiger partial charge is 0.175 e. The van der Waals surface area contributed by atoms with E-state index < -0.39 is 0 Å². The zero-order chi connectivity index (χ0) is 20.2. The van der Waals surface area contributed by atoms with Crippen LogP contribution in [0.5, 0.6) is 11.5 Å². The van der Waals surface area contributed by atoms with E-state index in [0.29, 0.717) is 23.1 Å². The summed E-state index contributed by atoms with van der Waals surface area (Å²) in [6.07, 6.45) is 3.31. The van der Waals surface area contributed by atoms with Crippen molar-refractivity contribution in [2.45, 2.75) is 39.3 Å². The molecule has 0 radical (unpaired) electrons. The van der Waals surface area contributed by atoms with Gasteiger partial charge in [-0.3, -0.25) is 0 Å². The molecule has 0 bridgehead atoms. The predicted molar refractivity (Wildman–Crippen MR) is 119 cm³/mol. The van der Waals surface area contributed by atoms with Crippen molar-refractivity contribution in [2.24, 2.45) is 0 Å². The van der Waals surface area contributed by atoms with E-state index in [1.54, 1.807) is 7.11 Å². The molecule has 2 aromatic rings. The lowest BCUT2D eigenvalue weighted by atomic mass is 10.2. The number of halogens is 2. The van der Waals surface area contributed by atoms with Crippen molar-refractivity contribution in [2.75, 3.05) is 26.9 Å². The molecule has 6 heteroatoms. The van der Waals surface area contributed by atoms with E-state index in [1.807, 2.05) is 30.3 Å². The van der Waals surface area contributed by atoms with Gasteiger partial charge >= 0.3 is 0 Å². The summed E-state index contributed by atoms with van der Waals surface area (Å²) in [5, 5.41) is 4.14. The summed E-state index contributed by atoms with van der Waals surface area (Å²) >= 11 is 9.64. The van der Waals surface area contributed by atoms with E-state index in [-0.39, 0.29) is 0 Å². The highest BCUT2D eigenvalue weighted by atomic mass is 79.9. The Morgan fingerprint density at radius 3 is 2.64 bits per heavy atom. The van der Waals surface area contributed by atoms with Crippen molar-refractivity contribution < 1.29 is 14.2 Å². The summed E-state index contributed by atoms with van der Waals surface area (Å²) in [6.45, 7) is 5.93. The maximum absolute atomic E-state index is 6.04. The van der Waals surface area contributed by atoms with Crippen LogP contribution in [0, 0.1) is 0 Å². The molecule has 0 unspecified atom stereocenters. The Bertz CT molecular complexity index is 727. The number of hydrogen-bond donors (Lipinski definition) is 1. The van der Waals surface area contributed by atoms with Crippen molar-refractivity contribution in [3.63, 3.8) is 0 Å². The van der Waals surface area contributed by atoms with Crippen molar-refractivity contribution in [1.82, 2.24) is 5.32 Å². The number of nitrogens with one attached hydrogen (secondary N) is 1. The molecule has 0 fully saturated rings. The van der Waals surface area contributed by atoms with Gasteiger partial charge in [-0.05, 0) is 70.7 Å². The first-order chi connectivity index (χ1) is 13.6. The Morgan fingerprint density at radius 1 is 1.07 bits per heavy atom. The first-order valence-corrected chi connectivity index (χ1v) is 10.8. The minimum absolute atomic E-state index is 0.422. The molecule has 1 N–H and O–H groups in total. The molecule has 0 amide bonds. The molecule has 0 heterocycles. The lowest BCUT2D eigenvalue weighted by Crippen LogP contribution is -2.16. The van der Waals surface area contributed by atoms with Crippen LogP contribution < -0.4 is 14.8 Å². The molecule has 0 saturated carbocycles. The Hall–Kier alpha value is -1.27. The molecule has 28 heavy (non-hydrogen) atoms. The number of unbranched alkanes of at least 4 members (excludes halogenated alkanes) is 1. The topological polar surface area (TPSA) is 39.7 Å². The van der Waals surface area contributed by atoms with Gasteiger partial charge < -0.3 is 19.5 Å². The first kappa shape index (κ1) is 23.0. The van der Waals surface area contributed by atoms with Crippen LogP contribution in [0.1, 0.15) is 37.3 Å². The first-order valence-electron chi connectivity index (χ1n) is 9.66. The average Bonchev–Trinajstić information content (AvgIpc) is 2.69. The Labute approximate surface area is 181 Å². The number of hydrogen-bond acceptors (Lipinski definition) is 4. The molecule has 0 aromatic heterocycles. The quantitative estimate of drug-likeness (QED) is 0.365. The molecule has 0 spiro atoms. The van der Waals surface area contributed by atoms with Crippen LogP contribution >= 0.6 is 27.5 Å². The zero-order valence-corrected chi connectivity index (χ0v) is 18.9. The maximum atomic E-state index is 6.04. The molecular weight excluding hydrogens is 442 g/mol. The molecule has 0 atom stereocenters. The lowest BCUT2D eigenvalue weighted by molar-refractivity contribution is 0.129. The molecule has 4 nitrogen and oxygen atoms in total. The van der Waals surface area contributed by atoms with Crippen LogP contribution in [0.25, 0.3) is 0 Å². The molecule has 0 aliphatic heterocycles. The van der Waals surface area contributed by atoms with Gasteiger partial charge in [-0.1, -0.05) is 37.1 Å². The van der Waals surface area contributed by atoms with Gasteiger partial charge in [-0.2, -0.15) is 0 Å². The second-order valence-corrected chi connectivity index (χ2v) is 7.81. The van der Waals surface area contributed by atoms with Gasteiger partial charge in [0.15, 0.2) is 11.5 Å². The monoisotopic (exact) mass is 469 g/mol. The summed E-state index contributed by atoms with van der Waals surface area (Å²) in [4.78, 5) is 0. The minimum Gasteiger partial charge on any atom is -0.493 e. The molecule has 0 aliphatic rings. The summed E-state index contributed by atoms with van der Waals surface area (Å²) in [5.41, 5.74) is 2.14. The predicted octanol–water partition coefficient (Wildman–Crippen LogP) is 5.99. The fourth-order valence-electron chi connectivity index (χ4n) is 2.68. The van der Waals surface area contributed by atoms with Crippen LogP contribution in [0.3, 0.4) is 0 Å². The Kier molecular flexibility index (Phi) is 10.7. The second-order valence-electron chi connectivity index (χ2n) is 6.52. The normalized spacial score (nSPS) is 10.9. The average molecular weight is 471 g/mol. The van der Waals surface area contributed by atoms with Crippen LogP contribution in [-0.4, -0.2) is 26.9 Å². The molecule has 2 rings (SSSR count). The molecule has 154 valence electrons. The number of methoxy groups -OCH3 is 1. The van der Waals surface area contributed by atoms with Gasteiger partial charge in [0, 0.05) is 24.8 Å². The summed E-state index contributed by atoms with van der Waals surface area (Å²) in [6, 6.07) is 11.7. The van der Waals surface area contributed by atoms with Crippen molar-refractivity contribution in [3.8, 4) is 11.5 Å². The summed E-state index contributed by atoms with van der Waals surface area (Å²) < 4.78 is 18.0. The number of rotatable bonds is 13. The highest BCUT2D eigenvalue weighted by molar-refractivity contribution is 9.10. The van der Waals surface area contributed by atoms with E-state index in [1.165, 1.54) is 6.42 Å². The fraction of sp³-hybridized carbons (Fsp3) is 0.455. The van der Waals surface area contributed by atoms with Gasteiger partial charge in [0.05, 0.1) is 11.6 Å². The zero-order valence-electron chi connectivity index (χ0n) is 16.6. The third-order valence-electron chi connectivity index (χ3n) is 4.18. The summed E-state index contributed by atoms with van der Waals surface area (Å²) in [7, 11) is 1.65. The van der Waals surface area contributed by atoms with E-state index in [0.717, 1.165) is 54.7 Å². The Morgan fingerprint density at radius 2 is 1.89 bits per heavy atom. The van der Waals surface area contributed by atoms with Crippen LogP contribution in [0.15, 0.2) is 40.9 Å². The van der Waals surface area contributed by atoms with E-state index in [2.05, 4.69) is 34.2 Å². The van der Waals surface area contributed by atoms with Crippen molar-refractivity contribution >= 4 is 27.5 Å². The van der Waals surface area contributed by atoms with Gasteiger partial charge in [0.2, 0.25) is 0 Å². The van der Waals surface area contributed by atoms with Crippen LogP contribution in [-0.2, 0) is 17.9 Å². The fourth-order valence-corrected chi connectivity index (χ4v) is 3.49. The molecule has 0 saturated heterocycles. The number of benzene rings is 2. The largest absolute Gasteiger partial charge is 0.493 e. The highest BCUT2D eigenvalue weighted by Gasteiger charge is 2.12. The van der Waals surface area contributed by atoms with Gasteiger partial charge in [-0.15, -0.1) is 0 Å². The minimum atomic E-state index is 0.422. The van der Waals surface area contributed by atoms with Gasteiger partial charge in [0.25, 0.3) is 0 Å². The summed E-state index contributed by atoms with van der Waals surface area (Å²) in [5.74, 6) is 1.40. The van der Waals surface area contributed by atoms with Crippen LogP contribution in [0.2, 0.25) is 5.02 Å². The van der Waals surface area contributed by atoms with E-state index in [9.17, 15) is 0 Å². The van der Waals surface area contributed by atoms with Gasteiger partial charge in [0.1, 0.15) is 6.61 Å². The van der Waals surface area contributed by atoms with Crippen molar-refractivity contribution in [1.29, 1.82) is 0 Å². The van der Waals surface area contributed by atoms with E-state index in [4.69, 9.17) is 25.8 Å². The standard InChI is InChI=1S/C22H29BrClNO3/c1-3-4-10-27-11-6-9-25-15-18-13-20(23)22(21(14-18)26-2)28-16-17-7-5-8-19(24)12-17/h5,7-8,12-14,25H,3-4,6,9-11,15-16H2,1-2H3. The Balaban J connectivity index is 1.84. The van der Waals surface area contributed by atoms with Crippen LogP contribution in [0.4, 0.5) is 0 Å². The molecule has 2 aromatic carbocycles. The third kappa shape index (κ3) is 8.00. The molecular formula is C22H29BrClNO3. The van der Waals surface area contributed by atoms with E-state index >= 15 is 0 Å².